The van der Waals surface area contributed by atoms with Crippen LogP contribution < -0.4 is 5.32 Å². The molecule has 0 atom stereocenters. The van der Waals surface area contributed by atoms with E-state index < -0.39 is 0 Å². The third kappa shape index (κ3) is 3.00. The molecule has 2 heterocycles. The van der Waals surface area contributed by atoms with Crippen LogP contribution in [0.3, 0.4) is 0 Å². The number of hydrogen-bond donors (Lipinski definition) is 2. The number of aromatic amines is 1. The first-order chi connectivity index (χ1) is 8.29. The predicted octanol–water partition coefficient (Wildman–Crippen LogP) is 0.702. The van der Waals surface area contributed by atoms with Crippen LogP contribution in [0.5, 0.6) is 0 Å². The summed E-state index contributed by atoms with van der Waals surface area (Å²) < 4.78 is 4.59. The third-order valence-electron chi connectivity index (χ3n) is 2.00. The van der Waals surface area contributed by atoms with Gasteiger partial charge >= 0.3 is 5.97 Å². The van der Waals surface area contributed by atoms with Gasteiger partial charge in [-0.25, -0.2) is 14.8 Å². The fourth-order valence-corrected chi connectivity index (χ4v) is 1.95. The first kappa shape index (κ1) is 11.5. The van der Waals surface area contributed by atoms with E-state index in [0.29, 0.717) is 23.0 Å². The van der Waals surface area contributed by atoms with Gasteiger partial charge in [0.2, 0.25) is 0 Å². The molecule has 0 aromatic carbocycles. The van der Waals surface area contributed by atoms with Crippen molar-refractivity contribution in [1.29, 1.82) is 0 Å². The van der Waals surface area contributed by atoms with Gasteiger partial charge in [-0.15, -0.1) is 0 Å². The largest absolute Gasteiger partial charge is 0.465 e. The quantitative estimate of drug-likeness (QED) is 0.762. The van der Waals surface area contributed by atoms with Crippen LogP contribution in [0.15, 0.2) is 12.5 Å². The average Bonchev–Trinajstić information content (AvgIpc) is 2.99. The van der Waals surface area contributed by atoms with E-state index in [1.165, 1.54) is 31.0 Å². The van der Waals surface area contributed by atoms with E-state index in [4.69, 9.17) is 0 Å². The van der Waals surface area contributed by atoms with Crippen LogP contribution in [0.2, 0.25) is 0 Å². The van der Waals surface area contributed by atoms with Gasteiger partial charge in [-0.3, -0.25) is 5.10 Å². The number of thiazole rings is 1. The summed E-state index contributed by atoms with van der Waals surface area (Å²) in [7, 11) is 1.35. The predicted molar refractivity (Wildman–Crippen MR) is 62.0 cm³/mol. The van der Waals surface area contributed by atoms with E-state index in [2.05, 4.69) is 30.2 Å². The maximum Gasteiger partial charge on any atom is 0.349 e. The summed E-state index contributed by atoms with van der Waals surface area (Å²) in [5, 5.41) is 10.3. The Hall–Kier alpha value is -1.96. The minimum Gasteiger partial charge on any atom is -0.465 e. The SMILES string of the molecule is COC(=O)c1cnc(NCCc2ncn[nH]2)s1. The number of carbonyl (C=O) groups is 1. The molecule has 0 unspecified atom stereocenters. The summed E-state index contributed by atoms with van der Waals surface area (Å²) >= 11 is 1.26. The molecule has 0 amide bonds. The summed E-state index contributed by atoms with van der Waals surface area (Å²) in [5.74, 6) is 0.438. The Balaban J connectivity index is 1.83. The van der Waals surface area contributed by atoms with Gasteiger partial charge in [-0.2, -0.15) is 5.10 Å². The molecule has 2 aromatic rings. The number of anilines is 1. The molecule has 0 saturated heterocycles. The molecular weight excluding hydrogens is 242 g/mol. The molecule has 0 fully saturated rings. The number of rotatable bonds is 5. The van der Waals surface area contributed by atoms with E-state index in [1.807, 2.05) is 0 Å². The number of aromatic nitrogens is 4. The van der Waals surface area contributed by atoms with Crippen LogP contribution in [0.1, 0.15) is 15.5 Å². The van der Waals surface area contributed by atoms with E-state index in [9.17, 15) is 4.79 Å². The number of esters is 1. The maximum absolute atomic E-state index is 11.2. The lowest BCUT2D eigenvalue weighted by Crippen LogP contribution is -2.05. The van der Waals surface area contributed by atoms with Gasteiger partial charge in [0, 0.05) is 13.0 Å². The Kier molecular flexibility index (Phi) is 3.66. The number of H-pyrrole nitrogens is 1. The first-order valence-electron chi connectivity index (χ1n) is 4.92. The Labute approximate surface area is 101 Å². The zero-order valence-corrected chi connectivity index (χ0v) is 9.95. The number of nitrogens with one attached hydrogen (secondary N) is 2. The number of hydrogen-bond acceptors (Lipinski definition) is 7. The Morgan fingerprint density at radius 2 is 2.47 bits per heavy atom. The molecule has 0 saturated carbocycles. The second kappa shape index (κ2) is 5.39. The molecule has 0 aliphatic carbocycles. The normalized spacial score (nSPS) is 10.2. The van der Waals surface area contributed by atoms with Crippen molar-refractivity contribution in [3.05, 3.63) is 23.2 Å². The summed E-state index contributed by atoms with van der Waals surface area (Å²) in [6, 6.07) is 0. The second-order valence-corrected chi connectivity index (χ2v) is 4.16. The highest BCUT2D eigenvalue weighted by Crippen LogP contribution is 2.18. The van der Waals surface area contributed by atoms with Crippen LogP contribution in [-0.4, -0.2) is 39.8 Å². The Bertz CT molecular complexity index is 481. The van der Waals surface area contributed by atoms with E-state index in [-0.39, 0.29) is 5.97 Å². The molecule has 2 N–H and O–H groups in total. The van der Waals surface area contributed by atoms with Crippen LogP contribution >= 0.6 is 11.3 Å². The fourth-order valence-electron chi connectivity index (χ4n) is 1.19. The van der Waals surface area contributed by atoms with Crippen LogP contribution in [0.4, 0.5) is 5.13 Å². The molecular formula is C9H11N5O2S. The van der Waals surface area contributed by atoms with E-state index in [0.717, 1.165) is 5.82 Å². The number of carbonyl (C=O) groups excluding carboxylic acids is 1. The summed E-state index contributed by atoms with van der Waals surface area (Å²) in [5.41, 5.74) is 0. The summed E-state index contributed by atoms with van der Waals surface area (Å²) in [6.45, 7) is 0.670. The van der Waals surface area contributed by atoms with Crippen molar-refractivity contribution in [3.8, 4) is 0 Å². The molecule has 17 heavy (non-hydrogen) atoms. The molecule has 90 valence electrons. The zero-order chi connectivity index (χ0) is 12.1. The highest BCUT2D eigenvalue weighted by molar-refractivity contribution is 7.17. The molecule has 2 rings (SSSR count). The van der Waals surface area contributed by atoms with Crippen molar-refractivity contribution in [2.45, 2.75) is 6.42 Å². The maximum atomic E-state index is 11.2. The van der Waals surface area contributed by atoms with Crippen molar-refractivity contribution >= 4 is 22.4 Å². The van der Waals surface area contributed by atoms with Gasteiger partial charge in [0.15, 0.2) is 5.13 Å². The molecule has 8 heteroatoms. The highest BCUT2D eigenvalue weighted by Gasteiger charge is 2.09. The topological polar surface area (TPSA) is 92.8 Å². The van der Waals surface area contributed by atoms with Crippen molar-refractivity contribution in [1.82, 2.24) is 20.2 Å². The summed E-state index contributed by atoms with van der Waals surface area (Å²) in [6.07, 6.45) is 3.68. The van der Waals surface area contributed by atoms with Crippen LogP contribution in [-0.2, 0) is 11.2 Å². The van der Waals surface area contributed by atoms with Crippen molar-refractivity contribution in [3.63, 3.8) is 0 Å². The van der Waals surface area contributed by atoms with Crippen molar-refractivity contribution in [2.24, 2.45) is 0 Å². The Morgan fingerprint density at radius 1 is 1.59 bits per heavy atom. The second-order valence-electron chi connectivity index (χ2n) is 3.13. The molecule has 0 aliphatic heterocycles. The average molecular weight is 253 g/mol. The van der Waals surface area contributed by atoms with Gasteiger partial charge in [0.05, 0.1) is 13.3 Å². The molecule has 0 aliphatic rings. The highest BCUT2D eigenvalue weighted by atomic mass is 32.1. The molecule has 0 spiro atoms. The lowest BCUT2D eigenvalue weighted by Gasteiger charge is -1.99. The van der Waals surface area contributed by atoms with Gasteiger partial charge in [-0.05, 0) is 0 Å². The molecule has 0 bridgehead atoms. The molecule has 7 nitrogen and oxygen atoms in total. The number of ether oxygens (including phenoxy) is 1. The molecule has 2 aromatic heterocycles. The van der Waals surface area contributed by atoms with Crippen molar-refractivity contribution < 1.29 is 9.53 Å². The van der Waals surface area contributed by atoms with Gasteiger partial charge in [0.1, 0.15) is 17.0 Å². The standard InChI is InChI=1S/C9H11N5O2S/c1-16-8(15)6-4-11-9(17-6)10-3-2-7-12-5-13-14-7/h4-5H,2-3H2,1H3,(H,10,11)(H,12,13,14). The van der Waals surface area contributed by atoms with Crippen LogP contribution in [0, 0.1) is 0 Å². The monoisotopic (exact) mass is 253 g/mol. The zero-order valence-electron chi connectivity index (χ0n) is 9.14. The third-order valence-corrected chi connectivity index (χ3v) is 2.93. The van der Waals surface area contributed by atoms with E-state index >= 15 is 0 Å². The molecule has 0 radical (unpaired) electrons. The fraction of sp³-hybridized carbons (Fsp3) is 0.333. The lowest BCUT2D eigenvalue weighted by molar-refractivity contribution is 0.0606. The summed E-state index contributed by atoms with van der Waals surface area (Å²) in [4.78, 5) is 19.7. The minimum atomic E-state index is -0.370. The van der Waals surface area contributed by atoms with Gasteiger partial charge in [-0.1, -0.05) is 11.3 Å². The lowest BCUT2D eigenvalue weighted by atomic mass is 10.4. The number of nitrogens with zero attached hydrogens (tertiary/aromatic N) is 3. The van der Waals surface area contributed by atoms with Gasteiger partial charge in [0.25, 0.3) is 0 Å². The van der Waals surface area contributed by atoms with E-state index in [1.54, 1.807) is 0 Å². The van der Waals surface area contributed by atoms with Crippen LogP contribution in [0.25, 0.3) is 0 Å². The Morgan fingerprint density at radius 3 is 3.18 bits per heavy atom. The smallest absolute Gasteiger partial charge is 0.349 e. The van der Waals surface area contributed by atoms with Crippen molar-refractivity contribution in [2.75, 3.05) is 19.0 Å². The minimum absolute atomic E-state index is 0.370. The first-order valence-corrected chi connectivity index (χ1v) is 5.73. The van der Waals surface area contributed by atoms with Gasteiger partial charge < -0.3 is 10.1 Å². The number of methoxy groups -OCH3 is 1.